The lowest BCUT2D eigenvalue weighted by atomic mass is 10.4. The second kappa shape index (κ2) is 5.92. The molecule has 0 saturated heterocycles. The van der Waals surface area contributed by atoms with Crippen LogP contribution in [-0.2, 0) is 4.79 Å². The fourth-order valence-corrected chi connectivity index (χ4v) is 0.800. The van der Waals surface area contributed by atoms with Gasteiger partial charge in [-0.15, -0.1) is 0 Å². The van der Waals surface area contributed by atoms with E-state index in [2.05, 4.69) is 18.7 Å². The van der Waals surface area contributed by atoms with Crippen LogP contribution in [0.25, 0.3) is 0 Å². The average Bonchev–Trinajstić information content (AvgIpc) is 1.98. The number of primary amides is 1. The van der Waals surface area contributed by atoms with E-state index in [1.165, 1.54) is 6.08 Å². The summed E-state index contributed by atoms with van der Waals surface area (Å²) in [5, 5.41) is 0. The standard InChI is InChI=1S/C8H16N2O/c1-3-10(4-2)7-5-6-8(9)11/h5-6H,3-4,7H2,1-2H3,(H2,9,11). The Balaban J connectivity index is 3.57. The molecule has 0 aromatic carbocycles. The van der Waals surface area contributed by atoms with Crippen molar-refractivity contribution >= 4 is 5.91 Å². The summed E-state index contributed by atoms with van der Waals surface area (Å²) >= 11 is 0. The largest absolute Gasteiger partial charge is 0.366 e. The van der Waals surface area contributed by atoms with Gasteiger partial charge in [-0.25, -0.2) is 0 Å². The van der Waals surface area contributed by atoms with E-state index in [0.29, 0.717) is 0 Å². The van der Waals surface area contributed by atoms with E-state index < -0.39 is 0 Å². The van der Waals surface area contributed by atoms with Gasteiger partial charge in [0.1, 0.15) is 0 Å². The lowest BCUT2D eigenvalue weighted by Gasteiger charge is -2.14. The normalized spacial score (nSPS) is 11.2. The summed E-state index contributed by atoms with van der Waals surface area (Å²) in [6, 6.07) is 0. The van der Waals surface area contributed by atoms with Crippen LogP contribution in [0, 0.1) is 0 Å². The third kappa shape index (κ3) is 5.61. The molecule has 0 aromatic rings. The molecular formula is C8H16N2O. The summed E-state index contributed by atoms with van der Waals surface area (Å²) in [6.07, 6.45) is 3.19. The molecule has 0 aromatic heterocycles. The van der Waals surface area contributed by atoms with E-state index in [0.717, 1.165) is 19.6 Å². The minimum Gasteiger partial charge on any atom is -0.366 e. The molecule has 3 nitrogen and oxygen atoms in total. The van der Waals surface area contributed by atoms with E-state index in [4.69, 9.17) is 5.73 Å². The Labute approximate surface area is 67.9 Å². The number of hydrogen-bond acceptors (Lipinski definition) is 2. The summed E-state index contributed by atoms with van der Waals surface area (Å²) in [6.45, 7) is 6.97. The summed E-state index contributed by atoms with van der Waals surface area (Å²) in [5.74, 6) is -0.378. The highest BCUT2D eigenvalue weighted by atomic mass is 16.1. The number of hydrogen-bond donors (Lipinski definition) is 1. The predicted molar refractivity (Wildman–Crippen MR) is 46.1 cm³/mol. The molecule has 0 bridgehead atoms. The number of carbonyl (C=O) groups is 1. The Hall–Kier alpha value is -0.830. The Kier molecular flexibility index (Phi) is 5.47. The van der Waals surface area contributed by atoms with Gasteiger partial charge in [0.2, 0.25) is 5.91 Å². The fraction of sp³-hybridized carbons (Fsp3) is 0.625. The van der Waals surface area contributed by atoms with Crippen LogP contribution >= 0.6 is 0 Å². The zero-order valence-electron chi connectivity index (χ0n) is 7.21. The maximum absolute atomic E-state index is 10.3. The average molecular weight is 156 g/mol. The maximum atomic E-state index is 10.3. The van der Waals surface area contributed by atoms with Crippen LogP contribution in [-0.4, -0.2) is 30.4 Å². The van der Waals surface area contributed by atoms with Crippen LogP contribution in [0.4, 0.5) is 0 Å². The monoisotopic (exact) mass is 156 g/mol. The van der Waals surface area contributed by atoms with E-state index in [1.807, 2.05) is 0 Å². The third-order valence-corrected chi connectivity index (χ3v) is 1.54. The number of nitrogens with zero attached hydrogens (tertiary/aromatic N) is 1. The Morgan fingerprint density at radius 1 is 1.45 bits per heavy atom. The molecule has 1 amide bonds. The first-order valence-corrected chi connectivity index (χ1v) is 3.89. The van der Waals surface area contributed by atoms with Crippen molar-refractivity contribution in [2.75, 3.05) is 19.6 Å². The van der Waals surface area contributed by atoms with Gasteiger partial charge in [-0.2, -0.15) is 0 Å². The summed E-state index contributed by atoms with van der Waals surface area (Å²) < 4.78 is 0. The van der Waals surface area contributed by atoms with E-state index in [1.54, 1.807) is 6.08 Å². The molecule has 2 N–H and O–H groups in total. The highest BCUT2D eigenvalue weighted by Crippen LogP contribution is 1.86. The quantitative estimate of drug-likeness (QED) is 0.584. The molecular weight excluding hydrogens is 140 g/mol. The molecule has 64 valence electrons. The van der Waals surface area contributed by atoms with Gasteiger partial charge in [-0.3, -0.25) is 4.79 Å². The predicted octanol–water partition coefficient (Wildman–Crippen LogP) is 0.370. The van der Waals surface area contributed by atoms with E-state index in [-0.39, 0.29) is 5.91 Å². The van der Waals surface area contributed by atoms with Crippen LogP contribution in [0.5, 0.6) is 0 Å². The fourth-order valence-electron chi connectivity index (χ4n) is 0.800. The molecule has 0 aliphatic heterocycles. The topological polar surface area (TPSA) is 46.3 Å². The molecule has 3 heteroatoms. The van der Waals surface area contributed by atoms with Crippen molar-refractivity contribution in [3.63, 3.8) is 0 Å². The summed E-state index contributed by atoms with van der Waals surface area (Å²) in [5.41, 5.74) is 4.92. The van der Waals surface area contributed by atoms with Crippen molar-refractivity contribution in [3.8, 4) is 0 Å². The molecule has 0 radical (unpaired) electrons. The van der Waals surface area contributed by atoms with Crippen molar-refractivity contribution in [3.05, 3.63) is 12.2 Å². The van der Waals surface area contributed by atoms with Crippen molar-refractivity contribution in [1.29, 1.82) is 0 Å². The highest BCUT2D eigenvalue weighted by molar-refractivity contribution is 5.85. The first-order valence-electron chi connectivity index (χ1n) is 3.89. The van der Waals surface area contributed by atoms with Crippen LogP contribution in [0.2, 0.25) is 0 Å². The van der Waals surface area contributed by atoms with Gasteiger partial charge in [-0.1, -0.05) is 19.9 Å². The zero-order valence-corrected chi connectivity index (χ0v) is 7.21. The molecule has 0 rings (SSSR count). The van der Waals surface area contributed by atoms with Gasteiger partial charge < -0.3 is 10.6 Å². The molecule has 0 atom stereocenters. The zero-order chi connectivity index (χ0) is 8.69. The maximum Gasteiger partial charge on any atom is 0.241 e. The molecule has 0 spiro atoms. The number of nitrogens with two attached hydrogens (primary N) is 1. The Morgan fingerprint density at radius 2 is 2.00 bits per heavy atom. The van der Waals surface area contributed by atoms with Gasteiger partial charge in [0.05, 0.1) is 0 Å². The second-order valence-electron chi connectivity index (χ2n) is 2.29. The molecule has 0 saturated carbocycles. The number of rotatable bonds is 5. The van der Waals surface area contributed by atoms with Crippen LogP contribution in [0.3, 0.4) is 0 Å². The summed E-state index contributed by atoms with van der Waals surface area (Å²) in [7, 11) is 0. The molecule has 0 unspecified atom stereocenters. The highest BCUT2D eigenvalue weighted by Gasteiger charge is 1.93. The number of amides is 1. The van der Waals surface area contributed by atoms with Gasteiger partial charge in [-0.05, 0) is 19.2 Å². The van der Waals surface area contributed by atoms with Gasteiger partial charge >= 0.3 is 0 Å². The van der Waals surface area contributed by atoms with Crippen LogP contribution in [0.1, 0.15) is 13.8 Å². The number of likely N-dealkylation sites (N-methyl/N-ethyl adjacent to an activating group) is 1. The molecule has 0 fully saturated rings. The van der Waals surface area contributed by atoms with Crippen molar-refractivity contribution in [1.82, 2.24) is 4.90 Å². The molecule has 11 heavy (non-hydrogen) atoms. The smallest absolute Gasteiger partial charge is 0.241 e. The van der Waals surface area contributed by atoms with Crippen molar-refractivity contribution < 1.29 is 4.79 Å². The lowest BCUT2D eigenvalue weighted by molar-refractivity contribution is -0.113. The first-order chi connectivity index (χ1) is 5.20. The SMILES string of the molecule is CCN(CC)CC=CC(N)=O. The van der Waals surface area contributed by atoms with Gasteiger partial charge in [0.25, 0.3) is 0 Å². The lowest BCUT2D eigenvalue weighted by Crippen LogP contribution is -2.23. The van der Waals surface area contributed by atoms with Crippen LogP contribution < -0.4 is 5.73 Å². The Bertz CT molecular complexity index is 139. The molecule has 0 aliphatic carbocycles. The minimum absolute atomic E-state index is 0.378. The second-order valence-corrected chi connectivity index (χ2v) is 2.29. The van der Waals surface area contributed by atoms with Crippen LogP contribution in [0.15, 0.2) is 12.2 Å². The number of carbonyl (C=O) groups excluding carboxylic acids is 1. The van der Waals surface area contributed by atoms with E-state index >= 15 is 0 Å². The third-order valence-electron chi connectivity index (χ3n) is 1.54. The first kappa shape index (κ1) is 10.2. The van der Waals surface area contributed by atoms with Crippen molar-refractivity contribution in [2.24, 2.45) is 5.73 Å². The van der Waals surface area contributed by atoms with Gasteiger partial charge in [0.15, 0.2) is 0 Å². The van der Waals surface area contributed by atoms with E-state index in [9.17, 15) is 4.79 Å². The molecule has 0 aliphatic rings. The minimum atomic E-state index is -0.378. The summed E-state index contributed by atoms with van der Waals surface area (Å²) in [4.78, 5) is 12.5. The molecule has 0 heterocycles. The Morgan fingerprint density at radius 3 is 2.36 bits per heavy atom. The van der Waals surface area contributed by atoms with Gasteiger partial charge in [0, 0.05) is 6.54 Å². The van der Waals surface area contributed by atoms with Crippen molar-refractivity contribution in [2.45, 2.75) is 13.8 Å².